The van der Waals surface area contributed by atoms with E-state index in [4.69, 9.17) is 4.74 Å². The smallest absolute Gasteiger partial charge is 0.213 e. The number of aryl methyl sites for hydroxylation is 1. The predicted molar refractivity (Wildman–Crippen MR) is 109 cm³/mol. The molecule has 0 bridgehead atoms. The molecule has 0 amide bonds. The summed E-state index contributed by atoms with van der Waals surface area (Å²) in [5, 5.41) is 19.6. The minimum atomic E-state index is 0.480. The topological polar surface area (TPSA) is 89.8 Å². The first kappa shape index (κ1) is 18.2. The fourth-order valence-electron chi connectivity index (χ4n) is 3.51. The van der Waals surface area contributed by atoms with E-state index in [1.54, 1.807) is 20.4 Å². The van der Waals surface area contributed by atoms with Gasteiger partial charge < -0.3 is 15.4 Å². The van der Waals surface area contributed by atoms with Gasteiger partial charge in [-0.25, -0.2) is 4.98 Å². The molecule has 0 atom stereocenters. The maximum absolute atomic E-state index is 5.14. The largest absolute Gasteiger partial charge is 0.481 e. The first-order valence-corrected chi connectivity index (χ1v) is 9.63. The highest BCUT2D eigenvalue weighted by molar-refractivity contribution is 5.79. The van der Waals surface area contributed by atoms with E-state index in [9.17, 15) is 0 Å². The lowest BCUT2D eigenvalue weighted by Gasteiger charge is -2.25. The number of ether oxygens (including phenoxy) is 1. The monoisotopic (exact) mass is 379 g/mol. The molecule has 28 heavy (non-hydrogen) atoms. The minimum Gasteiger partial charge on any atom is -0.481 e. The summed E-state index contributed by atoms with van der Waals surface area (Å²) in [5.41, 5.74) is 3.86. The zero-order chi connectivity index (χ0) is 19.3. The first-order chi connectivity index (χ1) is 13.7. The van der Waals surface area contributed by atoms with Crippen LogP contribution in [0.15, 0.2) is 36.5 Å². The fourth-order valence-corrected chi connectivity index (χ4v) is 3.51. The molecular formula is C20H25N7O. The Morgan fingerprint density at radius 2 is 1.93 bits per heavy atom. The van der Waals surface area contributed by atoms with Gasteiger partial charge >= 0.3 is 0 Å². The van der Waals surface area contributed by atoms with Gasteiger partial charge in [0.1, 0.15) is 0 Å². The lowest BCUT2D eigenvalue weighted by molar-refractivity contribution is 0.398. The number of nitrogens with one attached hydrogen (secondary N) is 2. The average Bonchev–Trinajstić information content (AvgIpc) is 3.17. The zero-order valence-electron chi connectivity index (χ0n) is 16.2. The van der Waals surface area contributed by atoms with Gasteiger partial charge in [0.2, 0.25) is 11.7 Å². The van der Waals surface area contributed by atoms with Gasteiger partial charge in [0, 0.05) is 17.7 Å². The summed E-state index contributed by atoms with van der Waals surface area (Å²) in [5.74, 6) is 1.21. The van der Waals surface area contributed by atoms with Gasteiger partial charge in [-0.2, -0.15) is 4.80 Å². The molecule has 0 radical (unpaired) electrons. The predicted octanol–water partition coefficient (Wildman–Crippen LogP) is 3.77. The van der Waals surface area contributed by atoms with Crippen LogP contribution in [0.3, 0.4) is 0 Å². The van der Waals surface area contributed by atoms with E-state index in [0.29, 0.717) is 17.7 Å². The van der Waals surface area contributed by atoms with Gasteiger partial charge in [-0.1, -0.05) is 19.3 Å². The van der Waals surface area contributed by atoms with Gasteiger partial charge in [-0.05, 0) is 42.3 Å². The van der Waals surface area contributed by atoms with Gasteiger partial charge in [-0.3, -0.25) is 0 Å². The summed E-state index contributed by atoms with van der Waals surface area (Å²) in [6, 6.07) is 10.4. The van der Waals surface area contributed by atoms with Crippen LogP contribution in [0.25, 0.3) is 11.4 Å². The Labute approximate surface area is 164 Å². The number of hydrogen-bond acceptors (Lipinski definition) is 7. The molecule has 0 spiro atoms. The Morgan fingerprint density at radius 1 is 1.07 bits per heavy atom. The summed E-state index contributed by atoms with van der Waals surface area (Å²) in [6.45, 7) is 0. The number of methoxy groups -OCH3 is 1. The van der Waals surface area contributed by atoms with Crippen LogP contribution in [-0.4, -0.2) is 38.3 Å². The van der Waals surface area contributed by atoms with E-state index in [1.165, 1.54) is 36.9 Å². The van der Waals surface area contributed by atoms with Gasteiger partial charge in [0.25, 0.3) is 0 Å². The van der Waals surface area contributed by atoms with E-state index < -0.39 is 0 Å². The summed E-state index contributed by atoms with van der Waals surface area (Å²) >= 11 is 0. The number of nitrogens with zero attached hydrogens (tertiary/aromatic N) is 5. The molecule has 1 aliphatic carbocycles. The van der Waals surface area contributed by atoms with Gasteiger partial charge in [0.05, 0.1) is 37.4 Å². The molecule has 1 aromatic carbocycles. The Morgan fingerprint density at radius 3 is 2.61 bits per heavy atom. The van der Waals surface area contributed by atoms with Crippen molar-refractivity contribution >= 4 is 17.1 Å². The number of rotatable bonds is 6. The highest BCUT2D eigenvalue weighted by atomic mass is 16.5. The van der Waals surface area contributed by atoms with Gasteiger partial charge in [-0.15, -0.1) is 10.2 Å². The molecule has 1 saturated carbocycles. The number of tetrazole rings is 1. The maximum atomic E-state index is 5.14. The fraction of sp³-hybridized carbons (Fsp3) is 0.400. The van der Waals surface area contributed by atoms with Crippen LogP contribution in [0.4, 0.5) is 17.1 Å². The Hall–Kier alpha value is -3.16. The summed E-state index contributed by atoms with van der Waals surface area (Å²) in [6.07, 6.45) is 8.02. The van der Waals surface area contributed by atoms with Crippen molar-refractivity contribution in [3.63, 3.8) is 0 Å². The van der Waals surface area contributed by atoms with Crippen LogP contribution in [0, 0.1) is 0 Å². The van der Waals surface area contributed by atoms with E-state index in [-0.39, 0.29) is 0 Å². The second-order valence-corrected chi connectivity index (χ2v) is 7.06. The molecule has 146 valence electrons. The summed E-state index contributed by atoms with van der Waals surface area (Å²) < 4.78 is 5.14. The molecular weight excluding hydrogens is 354 g/mol. The van der Waals surface area contributed by atoms with Crippen LogP contribution in [0.2, 0.25) is 0 Å². The van der Waals surface area contributed by atoms with E-state index in [2.05, 4.69) is 37.1 Å². The SMILES string of the molecule is COc1ccc(Nc2ccc(-c3nnn(C)n3)cc2NC2CCCCC2)cn1. The van der Waals surface area contributed by atoms with Crippen LogP contribution in [0.1, 0.15) is 32.1 Å². The Bertz CT molecular complexity index is 917. The molecule has 3 aromatic rings. The number of aromatic nitrogens is 5. The van der Waals surface area contributed by atoms with E-state index in [1.807, 2.05) is 24.3 Å². The third-order valence-corrected chi connectivity index (χ3v) is 4.98. The van der Waals surface area contributed by atoms with Gasteiger partial charge in [0.15, 0.2) is 0 Å². The third kappa shape index (κ3) is 4.21. The van der Waals surface area contributed by atoms with Crippen LogP contribution in [-0.2, 0) is 7.05 Å². The first-order valence-electron chi connectivity index (χ1n) is 9.63. The maximum Gasteiger partial charge on any atom is 0.213 e. The Balaban J connectivity index is 1.62. The molecule has 0 saturated heterocycles. The molecule has 2 heterocycles. The van der Waals surface area contributed by atoms with Crippen molar-refractivity contribution in [3.8, 4) is 17.3 Å². The average molecular weight is 379 g/mol. The molecule has 8 heteroatoms. The lowest BCUT2D eigenvalue weighted by Crippen LogP contribution is -2.22. The molecule has 0 unspecified atom stereocenters. The molecule has 8 nitrogen and oxygen atoms in total. The molecule has 2 aromatic heterocycles. The second-order valence-electron chi connectivity index (χ2n) is 7.06. The highest BCUT2D eigenvalue weighted by Crippen LogP contribution is 2.32. The van der Waals surface area contributed by atoms with E-state index in [0.717, 1.165) is 22.6 Å². The van der Waals surface area contributed by atoms with Crippen LogP contribution < -0.4 is 15.4 Å². The minimum absolute atomic E-state index is 0.480. The Kier molecular flexibility index (Phi) is 5.36. The van der Waals surface area contributed by atoms with Crippen molar-refractivity contribution in [2.45, 2.75) is 38.1 Å². The number of hydrogen-bond donors (Lipinski definition) is 2. The normalized spacial score (nSPS) is 14.6. The zero-order valence-corrected chi connectivity index (χ0v) is 16.2. The quantitative estimate of drug-likeness (QED) is 0.674. The summed E-state index contributed by atoms with van der Waals surface area (Å²) in [7, 11) is 3.38. The van der Waals surface area contributed by atoms with Crippen LogP contribution in [0.5, 0.6) is 5.88 Å². The second kappa shape index (κ2) is 8.24. The third-order valence-electron chi connectivity index (χ3n) is 4.98. The van der Waals surface area contributed by atoms with Crippen molar-refractivity contribution in [1.29, 1.82) is 0 Å². The molecule has 1 fully saturated rings. The highest BCUT2D eigenvalue weighted by Gasteiger charge is 2.16. The van der Waals surface area contributed by atoms with Crippen molar-refractivity contribution in [1.82, 2.24) is 25.2 Å². The van der Waals surface area contributed by atoms with E-state index >= 15 is 0 Å². The van der Waals surface area contributed by atoms with Crippen molar-refractivity contribution in [2.24, 2.45) is 7.05 Å². The molecule has 2 N–H and O–H groups in total. The van der Waals surface area contributed by atoms with Crippen LogP contribution >= 0.6 is 0 Å². The molecule has 0 aliphatic heterocycles. The molecule has 4 rings (SSSR count). The van der Waals surface area contributed by atoms with Crippen molar-refractivity contribution in [2.75, 3.05) is 17.7 Å². The number of benzene rings is 1. The number of pyridine rings is 1. The summed E-state index contributed by atoms with van der Waals surface area (Å²) in [4.78, 5) is 5.74. The lowest BCUT2D eigenvalue weighted by atomic mass is 9.95. The number of anilines is 3. The van der Waals surface area contributed by atoms with Crippen molar-refractivity contribution in [3.05, 3.63) is 36.5 Å². The van der Waals surface area contributed by atoms with Crippen molar-refractivity contribution < 1.29 is 4.74 Å². The molecule has 1 aliphatic rings. The standard InChI is InChI=1S/C20H25N7O/c1-27-25-20(24-26-27)14-8-10-17(23-16-9-11-19(28-2)21-13-16)18(12-14)22-15-6-4-3-5-7-15/h8-13,15,22-23H,3-7H2,1-2H3.